The Morgan fingerprint density at radius 2 is 2.15 bits per heavy atom. The van der Waals surface area contributed by atoms with Crippen LogP contribution in [0.3, 0.4) is 0 Å². The van der Waals surface area contributed by atoms with Gasteiger partial charge in [0.25, 0.3) is 0 Å². The number of nitrogens with two attached hydrogens (primary N) is 1. The highest BCUT2D eigenvalue weighted by molar-refractivity contribution is 6.32. The lowest BCUT2D eigenvalue weighted by atomic mass is 10.0. The lowest BCUT2D eigenvalue weighted by Gasteiger charge is -2.09. The standard InChI is InChI=1S/C10H11ClFN/c1-5-4-7(13)10(12)9(11)8(5)6-2-3-6/h4,6H,2-3,13H2,1H3. The predicted molar refractivity (Wildman–Crippen MR) is 52.5 cm³/mol. The number of rotatable bonds is 1. The molecule has 1 saturated carbocycles. The lowest BCUT2D eigenvalue weighted by Crippen LogP contribution is -1.97. The van der Waals surface area contributed by atoms with Crippen molar-refractivity contribution >= 4 is 17.3 Å². The summed E-state index contributed by atoms with van der Waals surface area (Å²) < 4.78 is 13.3. The molecular formula is C10H11ClFN. The van der Waals surface area contributed by atoms with E-state index in [9.17, 15) is 4.39 Å². The zero-order chi connectivity index (χ0) is 9.59. The van der Waals surface area contributed by atoms with Crippen LogP contribution < -0.4 is 5.73 Å². The minimum atomic E-state index is -0.464. The fraction of sp³-hybridized carbons (Fsp3) is 0.400. The topological polar surface area (TPSA) is 26.0 Å². The molecule has 0 atom stereocenters. The summed E-state index contributed by atoms with van der Waals surface area (Å²) in [5.74, 6) is -0.00299. The van der Waals surface area contributed by atoms with Crippen molar-refractivity contribution in [3.63, 3.8) is 0 Å². The number of benzene rings is 1. The number of anilines is 1. The van der Waals surface area contributed by atoms with E-state index in [1.807, 2.05) is 6.92 Å². The van der Waals surface area contributed by atoms with Gasteiger partial charge in [-0.2, -0.15) is 0 Å². The number of hydrogen-bond donors (Lipinski definition) is 1. The van der Waals surface area contributed by atoms with Gasteiger partial charge in [0.05, 0.1) is 10.7 Å². The Bertz CT molecular complexity index is 358. The summed E-state index contributed by atoms with van der Waals surface area (Å²) in [6.07, 6.45) is 2.23. The summed E-state index contributed by atoms with van der Waals surface area (Å²) in [6, 6.07) is 1.66. The molecule has 0 radical (unpaired) electrons. The van der Waals surface area contributed by atoms with Crippen molar-refractivity contribution in [1.29, 1.82) is 0 Å². The van der Waals surface area contributed by atoms with E-state index in [2.05, 4.69) is 0 Å². The van der Waals surface area contributed by atoms with Crippen LogP contribution in [0.5, 0.6) is 0 Å². The SMILES string of the molecule is Cc1cc(N)c(F)c(Cl)c1C1CC1. The number of nitrogen functional groups attached to an aromatic ring is 1. The molecule has 1 aliphatic rings. The van der Waals surface area contributed by atoms with Crippen LogP contribution in [0, 0.1) is 12.7 Å². The van der Waals surface area contributed by atoms with E-state index in [4.69, 9.17) is 17.3 Å². The Labute approximate surface area is 81.7 Å². The second-order valence-electron chi connectivity index (χ2n) is 3.60. The molecule has 2 rings (SSSR count). The normalized spacial score (nSPS) is 16.2. The van der Waals surface area contributed by atoms with Crippen LogP contribution in [0.2, 0.25) is 5.02 Å². The Morgan fingerprint density at radius 1 is 1.54 bits per heavy atom. The first-order chi connectivity index (χ1) is 6.11. The molecule has 0 saturated heterocycles. The first-order valence-corrected chi connectivity index (χ1v) is 4.73. The molecule has 0 unspecified atom stereocenters. The molecule has 1 aromatic carbocycles. The van der Waals surface area contributed by atoms with Gasteiger partial charge in [-0.1, -0.05) is 11.6 Å². The number of halogens is 2. The van der Waals surface area contributed by atoms with Gasteiger partial charge in [-0.25, -0.2) is 4.39 Å². The Hall–Kier alpha value is -0.760. The average molecular weight is 200 g/mol. The van der Waals surface area contributed by atoms with Crippen molar-refractivity contribution in [2.75, 3.05) is 5.73 Å². The lowest BCUT2D eigenvalue weighted by molar-refractivity contribution is 0.630. The Kier molecular flexibility index (Phi) is 1.95. The maximum atomic E-state index is 13.3. The van der Waals surface area contributed by atoms with Crippen molar-refractivity contribution < 1.29 is 4.39 Å². The zero-order valence-electron chi connectivity index (χ0n) is 7.40. The quantitative estimate of drug-likeness (QED) is 0.691. The molecule has 0 aliphatic heterocycles. The first kappa shape index (κ1) is 8.82. The summed E-state index contributed by atoms with van der Waals surface area (Å²) in [6.45, 7) is 1.93. The van der Waals surface area contributed by atoms with Gasteiger partial charge in [-0.3, -0.25) is 0 Å². The second-order valence-corrected chi connectivity index (χ2v) is 3.98. The van der Waals surface area contributed by atoms with Crippen molar-refractivity contribution in [2.45, 2.75) is 25.7 Å². The Balaban J connectivity index is 2.60. The van der Waals surface area contributed by atoms with Gasteiger partial charge in [0.15, 0.2) is 5.82 Å². The molecule has 13 heavy (non-hydrogen) atoms. The maximum absolute atomic E-state index is 13.3. The highest BCUT2D eigenvalue weighted by Gasteiger charge is 2.29. The van der Waals surface area contributed by atoms with E-state index in [0.717, 1.165) is 24.0 Å². The molecule has 2 N–H and O–H groups in total. The zero-order valence-corrected chi connectivity index (χ0v) is 8.16. The van der Waals surface area contributed by atoms with E-state index in [1.165, 1.54) is 0 Å². The summed E-state index contributed by atoms with van der Waals surface area (Å²) >= 11 is 5.88. The van der Waals surface area contributed by atoms with E-state index in [1.54, 1.807) is 6.07 Å². The molecule has 1 fully saturated rings. The molecule has 0 aromatic heterocycles. The summed E-state index contributed by atoms with van der Waals surface area (Å²) in [4.78, 5) is 0. The van der Waals surface area contributed by atoms with E-state index in [-0.39, 0.29) is 10.7 Å². The molecule has 3 heteroatoms. The van der Waals surface area contributed by atoms with Crippen molar-refractivity contribution in [3.05, 3.63) is 28.0 Å². The fourth-order valence-corrected chi connectivity index (χ4v) is 2.08. The first-order valence-electron chi connectivity index (χ1n) is 4.35. The summed E-state index contributed by atoms with van der Waals surface area (Å²) in [7, 11) is 0. The fourth-order valence-electron chi connectivity index (χ4n) is 1.67. The van der Waals surface area contributed by atoms with Crippen LogP contribution in [0.15, 0.2) is 6.07 Å². The van der Waals surface area contributed by atoms with Gasteiger partial charge in [0.1, 0.15) is 0 Å². The summed E-state index contributed by atoms with van der Waals surface area (Å²) in [5, 5.41) is 0.222. The third-order valence-electron chi connectivity index (χ3n) is 2.47. The molecule has 70 valence electrons. The third kappa shape index (κ3) is 1.39. The van der Waals surface area contributed by atoms with Crippen LogP contribution in [0.25, 0.3) is 0 Å². The molecule has 0 heterocycles. The maximum Gasteiger partial charge on any atom is 0.164 e. The van der Waals surface area contributed by atoms with Gasteiger partial charge in [-0.05, 0) is 42.9 Å². The third-order valence-corrected chi connectivity index (χ3v) is 2.83. The van der Waals surface area contributed by atoms with Gasteiger partial charge < -0.3 is 5.73 Å². The molecule has 1 aliphatic carbocycles. The smallest absolute Gasteiger partial charge is 0.164 e. The molecule has 0 bridgehead atoms. The van der Waals surface area contributed by atoms with Gasteiger partial charge >= 0.3 is 0 Å². The minimum absolute atomic E-state index is 0.145. The largest absolute Gasteiger partial charge is 0.396 e. The van der Waals surface area contributed by atoms with Gasteiger partial charge in [-0.15, -0.1) is 0 Å². The number of aryl methyl sites for hydroxylation is 1. The van der Waals surface area contributed by atoms with Crippen LogP contribution in [0.1, 0.15) is 29.9 Å². The molecule has 1 aromatic rings. The van der Waals surface area contributed by atoms with Crippen LogP contribution in [-0.4, -0.2) is 0 Å². The van der Waals surface area contributed by atoms with Crippen LogP contribution >= 0.6 is 11.6 Å². The summed E-state index contributed by atoms with van der Waals surface area (Å²) in [5.41, 5.74) is 7.55. The molecule has 0 spiro atoms. The highest BCUT2D eigenvalue weighted by atomic mass is 35.5. The molecular weight excluding hydrogens is 189 g/mol. The molecule has 1 nitrogen and oxygen atoms in total. The number of hydrogen-bond acceptors (Lipinski definition) is 1. The van der Waals surface area contributed by atoms with Crippen molar-refractivity contribution in [3.8, 4) is 0 Å². The Morgan fingerprint density at radius 3 is 2.69 bits per heavy atom. The predicted octanol–water partition coefficient (Wildman–Crippen LogP) is 3.25. The average Bonchev–Trinajstić information content (AvgIpc) is 2.84. The minimum Gasteiger partial charge on any atom is -0.396 e. The van der Waals surface area contributed by atoms with Gasteiger partial charge in [0, 0.05) is 0 Å². The van der Waals surface area contributed by atoms with Crippen molar-refractivity contribution in [2.24, 2.45) is 0 Å². The van der Waals surface area contributed by atoms with E-state index >= 15 is 0 Å². The second kappa shape index (κ2) is 2.88. The molecule has 0 amide bonds. The van der Waals surface area contributed by atoms with Crippen LogP contribution in [0.4, 0.5) is 10.1 Å². The van der Waals surface area contributed by atoms with E-state index < -0.39 is 5.82 Å². The van der Waals surface area contributed by atoms with E-state index in [0.29, 0.717) is 5.92 Å². The highest BCUT2D eigenvalue weighted by Crippen LogP contribution is 2.46. The van der Waals surface area contributed by atoms with Gasteiger partial charge in [0.2, 0.25) is 0 Å². The monoisotopic (exact) mass is 199 g/mol. The van der Waals surface area contributed by atoms with Crippen LogP contribution in [-0.2, 0) is 0 Å². The van der Waals surface area contributed by atoms with Crippen molar-refractivity contribution in [1.82, 2.24) is 0 Å².